The highest BCUT2D eigenvalue weighted by molar-refractivity contribution is 5.79. The Balaban J connectivity index is 1.44. The van der Waals surface area contributed by atoms with Crippen LogP contribution in [-0.4, -0.2) is 71.3 Å². The Bertz CT molecular complexity index is 496. The number of piperidine rings is 1. The molecule has 2 amide bonds. The summed E-state index contributed by atoms with van der Waals surface area (Å²) < 4.78 is 13.3. The number of carbonyl (C=O) groups is 2. The molecular formula is C13H17FN4O3. The van der Waals surface area contributed by atoms with E-state index in [1.165, 1.54) is 9.80 Å². The number of halogens is 1. The molecule has 3 aliphatic rings. The molecule has 114 valence electrons. The summed E-state index contributed by atoms with van der Waals surface area (Å²) in [4.78, 5) is 25.5. The molecule has 2 N–H and O–H groups in total. The fourth-order valence-corrected chi connectivity index (χ4v) is 3.47. The van der Waals surface area contributed by atoms with Crippen molar-refractivity contribution in [2.24, 2.45) is 11.8 Å². The van der Waals surface area contributed by atoms with Gasteiger partial charge in [0.15, 0.2) is 0 Å². The Kier molecular flexibility index (Phi) is 3.45. The van der Waals surface area contributed by atoms with Gasteiger partial charge in [0, 0.05) is 25.6 Å². The van der Waals surface area contributed by atoms with Gasteiger partial charge in [0.05, 0.1) is 19.2 Å². The van der Waals surface area contributed by atoms with Crippen molar-refractivity contribution < 1.29 is 19.1 Å². The van der Waals surface area contributed by atoms with Crippen molar-refractivity contribution in [3.05, 3.63) is 0 Å². The van der Waals surface area contributed by atoms with E-state index in [0.717, 1.165) is 0 Å². The Labute approximate surface area is 121 Å². The molecule has 7 nitrogen and oxygen atoms in total. The normalized spacial score (nSPS) is 37.2. The van der Waals surface area contributed by atoms with Gasteiger partial charge in [-0.25, -0.2) is 9.18 Å². The van der Waals surface area contributed by atoms with Crippen molar-refractivity contribution in [1.29, 1.82) is 5.26 Å². The lowest BCUT2D eigenvalue weighted by Crippen LogP contribution is -2.43. The van der Waals surface area contributed by atoms with Gasteiger partial charge in [-0.1, -0.05) is 0 Å². The quantitative estimate of drug-likeness (QED) is 0.742. The number of hydrogen-bond donors (Lipinski definition) is 2. The maximum absolute atomic E-state index is 13.3. The number of carboxylic acid groups (broad SMARTS) is 1. The highest BCUT2D eigenvalue weighted by Crippen LogP contribution is 2.45. The highest BCUT2D eigenvalue weighted by Gasteiger charge is 2.56. The molecule has 3 rings (SSSR count). The summed E-state index contributed by atoms with van der Waals surface area (Å²) in [6.45, 7) is 1.07. The molecule has 0 bridgehead atoms. The van der Waals surface area contributed by atoms with E-state index >= 15 is 0 Å². The first-order valence-electron chi connectivity index (χ1n) is 7.05. The molecule has 2 saturated heterocycles. The largest absolute Gasteiger partial charge is 0.465 e. The monoisotopic (exact) mass is 296 g/mol. The second-order valence-corrected chi connectivity index (χ2v) is 5.95. The third-order valence-electron chi connectivity index (χ3n) is 4.67. The van der Waals surface area contributed by atoms with Gasteiger partial charge in [0.2, 0.25) is 5.91 Å². The number of hydrogen-bond acceptors (Lipinski definition) is 4. The van der Waals surface area contributed by atoms with Crippen LogP contribution in [0, 0.1) is 23.2 Å². The molecule has 4 atom stereocenters. The minimum Gasteiger partial charge on any atom is -0.465 e. The summed E-state index contributed by atoms with van der Waals surface area (Å²) in [7, 11) is 0. The van der Waals surface area contributed by atoms with Crippen LogP contribution < -0.4 is 5.32 Å². The second kappa shape index (κ2) is 5.15. The molecule has 2 aliphatic heterocycles. The van der Waals surface area contributed by atoms with E-state index in [0.29, 0.717) is 13.1 Å². The fourth-order valence-electron chi connectivity index (χ4n) is 3.47. The first kappa shape index (κ1) is 14.1. The number of amides is 2. The van der Waals surface area contributed by atoms with Gasteiger partial charge in [-0.15, -0.1) is 0 Å². The van der Waals surface area contributed by atoms with Crippen LogP contribution in [0.5, 0.6) is 0 Å². The Hall–Kier alpha value is -1.88. The van der Waals surface area contributed by atoms with E-state index in [2.05, 4.69) is 5.32 Å². The zero-order chi connectivity index (χ0) is 15.1. The van der Waals surface area contributed by atoms with Crippen LogP contribution in [0.4, 0.5) is 9.18 Å². The third-order valence-corrected chi connectivity index (χ3v) is 4.67. The Morgan fingerprint density at radius 3 is 2.57 bits per heavy atom. The summed E-state index contributed by atoms with van der Waals surface area (Å²) >= 11 is 0. The number of likely N-dealkylation sites (tertiary alicyclic amines) is 2. The summed E-state index contributed by atoms with van der Waals surface area (Å²) in [6, 6.07) is 1.44. The first-order chi connectivity index (χ1) is 10.0. The van der Waals surface area contributed by atoms with Crippen LogP contribution in [0.25, 0.3) is 0 Å². The van der Waals surface area contributed by atoms with E-state index in [4.69, 9.17) is 10.4 Å². The third kappa shape index (κ3) is 2.53. The van der Waals surface area contributed by atoms with Crippen molar-refractivity contribution in [2.75, 3.05) is 26.2 Å². The summed E-state index contributed by atoms with van der Waals surface area (Å²) in [5.74, 6) is 0.281. The Morgan fingerprint density at radius 2 is 2.00 bits per heavy atom. The van der Waals surface area contributed by atoms with Crippen LogP contribution in [0.15, 0.2) is 0 Å². The summed E-state index contributed by atoms with van der Waals surface area (Å²) in [6.07, 6.45) is -1.94. The van der Waals surface area contributed by atoms with Crippen molar-refractivity contribution in [2.45, 2.75) is 24.7 Å². The van der Waals surface area contributed by atoms with Gasteiger partial charge in [-0.05, 0) is 11.8 Å². The number of alkyl halides is 1. The number of nitrogens with one attached hydrogen (secondary N) is 1. The van der Waals surface area contributed by atoms with Gasteiger partial charge in [-0.3, -0.25) is 4.79 Å². The summed E-state index contributed by atoms with van der Waals surface area (Å²) in [5, 5.41) is 20.9. The number of rotatable bonds is 3. The molecule has 0 aromatic carbocycles. The molecule has 0 radical (unpaired) electrons. The maximum Gasteiger partial charge on any atom is 0.407 e. The van der Waals surface area contributed by atoms with E-state index in [-0.39, 0.29) is 43.3 Å². The van der Waals surface area contributed by atoms with Gasteiger partial charge in [0.25, 0.3) is 0 Å². The van der Waals surface area contributed by atoms with E-state index in [9.17, 15) is 14.0 Å². The van der Waals surface area contributed by atoms with Crippen LogP contribution in [-0.2, 0) is 4.79 Å². The minimum absolute atomic E-state index is 0.0109. The van der Waals surface area contributed by atoms with Gasteiger partial charge < -0.3 is 20.2 Å². The van der Waals surface area contributed by atoms with Crippen molar-refractivity contribution in [3.63, 3.8) is 0 Å². The standard InChI is InChI=1S/C13H17FN4O3/c14-7-1-8(2-15)18(4-7)11(19)3-16-12-9-5-17(13(20)21)6-10(9)12/h7-10,12,16H,1,3-6H2,(H,20,21). The maximum atomic E-state index is 13.3. The average molecular weight is 296 g/mol. The van der Waals surface area contributed by atoms with Gasteiger partial charge in [-0.2, -0.15) is 5.26 Å². The van der Waals surface area contributed by atoms with E-state index in [1.807, 2.05) is 6.07 Å². The molecule has 0 aromatic heterocycles. The number of fused-ring (bicyclic) bond motifs is 1. The molecule has 8 heteroatoms. The average Bonchev–Trinajstić information content (AvgIpc) is 2.81. The second-order valence-electron chi connectivity index (χ2n) is 5.95. The topological polar surface area (TPSA) is 96.7 Å². The van der Waals surface area contributed by atoms with E-state index in [1.54, 1.807) is 0 Å². The van der Waals surface area contributed by atoms with E-state index < -0.39 is 18.3 Å². The predicted octanol–water partition coefficient (Wildman–Crippen LogP) is -0.353. The van der Waals surface area contributed by atoms with Crippen molar-refractivity contribution >= 4 is 12.0 Å². The smallest absolute Gasteiger partial charge is 0.407 e. The molecule has 1 aliphatic carbocycles. The lowest BCUT2D eigenvalue weighted by atomic mass is 10.2. The van der Waals surface area contributed by atoms with Crippen LogP contribution in [0.2, 0.25) is 0 Å². The minimum atomic E-state index is -1.12. The van der Waals surface area contributed by atoms with Gasteiger partial charge in [0.1, 0.15) is 12.2 Å². The number of carbonyl (C=O) groups excluding carboxylic acids is 1. The molecular weight excluding hydrogens is 279 g/mol. The fraction of sp³-hybridized carbons (Fsp3) is 0.769. The van der Waals surface area contributed by atoms with Crippen LogP contribution in [0.3, 0.4) is 0 Å². The molecule has 0 aromatic rings. The molecule has 2 heterocycles. The molecule has 4 unspecified atom stereocenters. The van der Waals surface area contributed by atoms with Crippen LogP contribution >= 0.6 is 0 Å². The van der Waals surface area contributed by atoms with Crippen molar-refractivity contribution in [1.82, 2.24) is 15.1 Å². The van der Waals surface area contributed by atoms with Crippen LogP contribution in [0.1, 0.15) is 6.42 Å². The zero-order valence-corrected chi connectivity index (χ0v) is 11.4. The highest BCUT2D eigenvalue weighted by atomic mass is 19.1. The Morgan fingerprint density at radius 1 is 1.33 bits per heavy atom. The van der Waals surface area contributed by atoms with Crippen molar-refractivity contribution in [3.8, 4) is 6.07 Å². The zero-order valence-electron chi connectivity index (χ0n) is 11.4. The molecule has 21 heavy (non-hydrogen) atoms. The van der Waals surface area contributed by atoms with Gasteiger partial charge >= 0.3 is 6.09 Å². The molecule has 1 saturated carbocycles. The number of nitriles is 1. The first-order valence-corrected chi connectivity index (χ1v) is 7.05. The number of nitrogens with zero attached hydrogens (tertiary/aromatic N) is 3. The summed E-state index contributed by atoms with van der Waals surface area (Å²) in [5.41, 5.74) is 0. The molecule has 0 spiro atoms. The lowest BCUT2D eigenvalue weighted by molar-refractivity contribution is -0.130. The lowest BCUT2D eigenvalue weighted by Gasteiger charge is -2.20. The predicted molar refractivity (Wildman–Crippen MR) is 69.0 cm³/mol. The molecule has 3 fully saturated rings. The SMILES string of the molecule is N#CC1CC(F)CN1C(=O)CNC1C2CN(C(=O)O)CC21.